The number of ether oxygens (including phenoxy) is 1. The van der Waals surface area contributed by atoms with E-state index in [1.54, 1.807) is 6.07 Å². The zero-order valence-corrected chi connectivity index (χ0v) is 11.9. The van der Waals surface area contributed by atoms with Crippen LogP contribution in [0.1, 0.15) is 19.4 Å². The first kappa shape index (κ1) is 14.7. The lowest BCUT2D eigenvalue weighted by atomic mass is 9.99. The summed E-state index contributed by atoms with van der Waals surface area (Å²) in [7, 11) is 0. The Morgan fingerprint density at radius 3 is 2.80 bits per heavy atom. The molecule has 110 valence electrons. The molecule has 1 aliphatic rings. The van der Waals surface area contributed by atoms with E-state index in [4.69, 9.17) is 9.84 Å². The molecule has 0 saturated carbocycles. The van der Waals surface area contributed by atoms with E-state index in [0.717, 1.165) is 12.1 Å². The van der Waals surface area contributed by atoms with Crippen LogP contribution >= 0.6 is 0 Å². The van der Waals surface area contributed by atoms with Gasteiger partial charge in [0.1, 0.15) is 0 Å². The van der Waals surface area contributed by atoms with E-state index in [2.05, 4.69) is 4.90 Å². The monoisotopic (exact) mass is 279 g/mol. The molecule has 2 N–H and O–H groups in total. The summed E-state index contributed by atoms with van der Waals surface area (Å²) in [5, 5.41) is 19.3. The molecule has 5 heteroatoms. The third-order valence-electron chi connectivity index (χ3n) is 3.78. The fourth-order valence-corrected chi connectivity index (χ4v) is 2.73. The quantitative estimate of drug-likeness (QED) is 0.862. The van der Waals surface area contributed by atoms with E-state index >= 15 is 0 Å². The smallest absolute Gasteiger partial charge is 0.308 e. The number of carbonyl (C=O) groups is 1. The highest BCUT2D eigenvalue weighted by atomic mass is 16.5. The van der Waals surface area contributed by atoms with Gasteiger partial charge in [0.2, 0.25) is 0 Å². The van der Waals surface area contributed by atoms with Crippen molar-refractivity contribution in [3.8, 4) is 11.5 Å². The van der Waals surface area contributed by atoms with Gasteiger partial charge >= 0.3 is 5.97 Å². The van der Waals surface area contributed by atoms with Crippen LogP contribution < -0.4 is 4.74 Å². The van der Waals surface area contributed by atoms with Crippen LogP contribution in [0.2, 0.25) is 0 Å². The van der Waals surface area contributed by atoms with Crippen LogP contribution in [0.15, 0.2) is 18.2 Å². The topological polar surface area (TPSA) is 70.0 Å². The van der Waals surface area contributed by atoms with Crippen LogP contribution in [0.3, 0.4) is 0 Å². The van der Waals surface area contributed by atoms with Gasteiger partial charge in [-0.05, 0) is 18.9 Å². The van der Waals surface area contributed by atoms with Gasteiger partial charge in [0.25, 0.3) is 0 Å². The molecule has 0 unspecified atom stereocenters. The summed E-state index contributed by atoms with van der Waals surface area (Å²) in [6, 6.07) is 5.42. The molecular weight excluding hydrogens is 258 g/mol. The van der Waals surface area contributed by atoms with Crippen molar-refractivity contribution in [2.24, 2.45) is 11.8 Å². The third-order valence-corrected chi connectivity index (χ3v) is 3.78. The van der Waals surface area contributed by atoms with Crippen LogP contribution in [-0.2, 0) is 11.3 Å². The molecule has 0 amide bonds. The van der Waals surface area contributed by atoms with E-state index < -0.39 is 5.97 Å². The summed E-state index contributed by atoms with van der Waals surface area (Å²) in [6.07, 6.45) is 0. The summed E-state index contributed by atoms with van der Waals surface area (Å²) in [4.78, 5) is 13.2. The molecule has 5 nitrogen and oxygen atoms in total. The van der Waals surface area contributed by atoms with Gasteiger partial charge in [-0.25, -0.2) is 0 Å². The Morgan fingerprint density at radius 2 is 2.20 bits per heavy atom. The van der Waals surface area contributed by atoms with Crippen molar-refractivity contribution < 1.29 is 19.7 Å². The lowest BCUT2D eigenvalue weighted by molar-refractivity contribution is -0.142. The predicted octanol–water partition coefficient (Wildman–Crippen LogP) is 1.94. The standard InChI is InChI=1S/C15H21NO4/c1-3-20-13-6-4-5-11(14(13)17)8-16-7-10(2)12(9-16)15(18)19/h4-6,10,12,17H,3,7-9H2,1-2H3,(H,18,19)/t10-,12-/m1/s1. The summed E-state index contributed by atoms with van der Waals surface area (Å²) in [5.41, 5.74) is 0.772. The molecule has 1 heterocycles. The van der Waals surface area contributed by atoms with Gasteiger partial charge in [0, 0.05) is 25.2 Å². The Bertz CT molecular complexity index is 489. The van der Waals surface area contributed by atoms with Gasteiger partial charge < -0.3 is 14.9 Å². The molecule has 0 bridgehead atoms. The second-order valence-electron chi connectivity index (χ2n) is 5.31. The van der Waals surface area contributed by atoms with Crippen molar-refractivity contribution in [1.29, 1.82) is 0 Å². The maximum absolute atomic E-state index is 11.1. The van der Waals surface area contributed by atoms with Crippen LogP contribution in [0, 0.1) is 11.8 Å². The Kier molecular flexibility index (Phi) is 4.49. The van der Waals surface area contributed by atoms with Crippen molar-refractivity contribution in [2.45, 2.75) is 20.4 Å². The number of carboxylic acids is 1. The molecule has 1 aromatic carbocycles. The first-order chi connectivity index (χ1) is 9.52. The van der Waals surface area contributed by atoms with Crippen LogP contribution in [0.5, 0.6) is 11.5 Å². The average Bonchev–Trinajstić information content (AvgIpc) is 2.76. The van der Waals surface area contributed by atoms with E-state index in [1.165, 1.54) is 0 Å². The number of likely N-dealkylation sites (tertiary alicyclic amines) is 1. The maximum Gasteiger partial charge on any atom is 0.308 e. The van der Waals surface area contributed by atoms with Crippen molar-refractivity contribution in [3.05, 3.63) is 23.8 Å². The van der Waals surface area contributed by atoms with Crippen molar-refractivity contribution in [2.75, 3.05) is 19.7 Å². The minimum atomic E-state index is -0.743. The van der Waals surface area contributed by atoms with Crippen LogP contribution in [-0.4, -0.2) is 40.8 Å². The second kappa shape index (κ2) is 6.13. The molecule has 0 spiro atoms. The number of hydrogen-bond acceptors (Lipinski definition) is 4. The average molecular weight is 279 g/mol. The lowest BCUT2D eigenvalue weighted by Gasteiger charge is -2.17. The number of hydrogen-bond donors (Lipinski definition) is 2. The molecule has 1 aromatic rings. The van der Waals surface area contributed by atoms with E-state index in [1.807, 2.05) is 26.0 Å². The van der Waals surface area contributed by atoms with E-state index in [-0.39, 0.29) is 17.6 Å². The molecule has 1 fully saturated rings. The van der Waals surface area contributed by atoms with Gasteiger partial charge in [-0.2, -0.15) is 0 Å². The van der Waals surface area contributed by atoms with Gasteiger partial charge in [-0.3, -0.25) is 9.69 Å². The SMILES string of the molecule is CCOc1cccc(CN2C[C@@H](C)[C@H](C(=O)O)C2)c1O. The van der Waals surface area contributed by atoms with Crippen molar-refractivity contribution in [3.63, 3.8) is 0 Å². The maximum atomic E-state index is 11.1. The molecule has 0 aliphatic carbocycles. The Balaban J connectivity index is 2.08. The number of phenols is 1. The summed E-state index contributed by atoms with van der Waals surface area (Å²) < 4.78 is 5.36. The van der Waals surface area contributed by atoms with Gasteiger partial charge in [-0.15, -0.1) is 0 Å². The molecule has 2 atom stereocenters. The first-order valence-corrected chi connectivity index (χ1v) is 6.91. The minimum Gasteiger partial charge on any atom is -0.504 e. The van der Waals surface area contributed by atoms with Gasteiger partial charge in [0.15, 0.2) is 11.5 Å². The molecular formula is C15H21NO4. The number of phenolic OH excluding ortho intramolecular Hbond substituents is 1. The molecule has 0 aromatic heterocycles. The summed E-state index contributed by atoms with van der Waals surface area (Å²) in [6.45, 7) is 6.12. The normalized spacial score (nSPS) is 22.9. The lowest BCUT2D eigenvalue weighted by Crippen LogP contribution is -2.23. The highest BCUT2D eigenvalue weighted by Crippen LogP contribution is 2.32. The number of rotatable bonds is 5. The summed E-state index contributed by atoms with van der Waals surface area (Å²) >= 11 is 0. The largest absolute Gasteiger partial charge is 0.504 e. The van der Waals surface area contributed by atoms with Gasteiger partial charge in [0.05, 0.1) is 12.5 Å². The second-order valence-corrected chi connectivity index (χ2v) is 5.31. The third kappa shape index (κ3) is 3.04. The minimum absolute atomic E-state index is 0.129. The highest BCUT2D eigenvalue weighted by molar-refractivity contribution is 5.71. The Morgan fingerprint density at radius 1 is 1.45 bits per heavy atom. The zero-order chi connectivity index (χ0) is 14.7. The fraction of sp³-hybridized carbons (Fsp3) is 0.533. The molecule has 0 radical (unpaired) electrons. The number of aliphatic carboxylic acids is 1. The van der Waals surface area contributed by atoms with Crippen LogP contribution in [0.25, 0.3) is 0 Å². The molecule has 2 rings (SSSR count). The molecule has 1 saturated heterocycles. The zero-order valence-electron chi connectivity index (χ0n) is 11.9. The Hall–Kier alpha value is -1.75. The first-order valence-electron chi connectivity index (χ1n) is 6.91. The number of carboxylic acid groups (broad SMARTS) is 1. The van der Waals surface area contributed by atoms with Crippen molar-refractivity contribution >= 4 is 5.97 Å². The summed E-state index contributed by atoms with van der Waals surface area (Å²) in [5.74, 6) is -0.308. The number of aromatic hydroxyl groups is 1. The van der Waals surface area contributed by atoms with Crippen LogP contribution in [0.4, 0.5) is 0 Å². The number of para-hydroxylation sites is 1. The number of nitrogens with zero attached hydrogens (tertiary/aromatic N) is 1. The highest BCUT2D eigenvalue weighted by Gasteiger charge is 2.34. The van der Waals surface area contributed by atoms with E-state index in [9.17, 15) is 9.90 Å². The predicted molar refractivity (Wildman–Crippen MR) is 74.8 cm³/mol. The molecule has 1 aliphatic heterocycles. The van der Waals surface area contributed by atoms with E-state index in [0.29, 0.717) is 25.4 Å². The van der Waals surface area contributed by atoms with Crippen molar-refractivity contribution in [1.82, 2.24) is 4.90 Å². The van der Waals surface area contributed by atoms with Gasteiger partial charge in [-0.1, -0.05) is 19.1 Å². The molecule has 20 heavy (non-hydrogen) atoms. The number of benzene rings is 1. The Labute approximate surface area is 118 Å². The fourth-order valence-electron chi connectivity index (χ4n) is 2.73.